The van der Waals surface area contributed by atoms with Crippen LogP contribution in [0.15, 0.2) is 29.3 Å². The van der Waals surface area contributed by atoms with E-state index in [4.69, 9.17) is 4.74 Å². The van der Waals surface area contributed by atoms with Gasteiger partial charge in [-0.3, -0.25) is 9.79 Å². The first-order chi connectivity index (χ1) is 12.1. The summed E-state index contributed by atoms with van der Waals surface area (Å²) in [5.74, 6) is 2.19. The van der Waals surface area contributed by atoms with Crippen molar-refractivity contribution in [3.05, 3.63) is 29.8 Å². The van der Waals surface area contributed by atoms with Crippen molar-refractivity contribution in [3.8, 4) is 5.75 Å². The van der Waals surface area contributed by atoms with Gasteiger partial charge in [0.05, 0.1) is 7.11 Å². The van der Waals surface area contributed by atoms with E-state index in [-0.39, 0.29) is 17.9 Å². The Morgan fingerprint density at radius 1 is 1.44 bits per heavy atom. The second kappa shape index (κ2) is 9.30. The van der Waals surface area contributed by atoms with Crippen molar-refractivity contribution < 1.29 is 9.53 Å². The van der Waals surface area contributed by atoms with E-state index in [0.29, 0.717) is 6.42 Å². The van der Waals surface area contributed by atoms with E-state index >= 15 is 0 Å². The third-order valence-electron chi connectivity index (χ3n) is 4.65. The minimum Gasteiger partial charge on any atom is -0.496 e. The number of ether oxygens (including phenoxy) is 1. The molecule has 2 N–H and O–H groups in total. The standard InChI is InChI=1S/C19H30N4O2/c1-5-18(24)23-11-10-15(13-23)22-19(20-3)21-12-14(2)16-8-6-7-9-17(16)25-4/h6-9,14-15H,5,10-13H2,1-4H3,(H2,20,21,22). The fourth-order valence-electron chi connectivity index (χ4n) is 3.15. The number of para-hydroxylation sites is 1. The Balaban J connectivity index is 1.85. The molecule has 0 aliphatic carbocycles. The zero-order valence-corrected chi connectivity index (χ0v) is 15.7. The summed E-state index contributed by atoms with van der Waals surface area (Å²) < 4.78 is 5.44. The molecule has 2 atom stereocenters. The van der Waals surface area contributed by atoms with Gasteiger partial charge in [0.1, 0.15) is 5.75 Å². The average Bonchev–Trinajstić information content (AvgIpc) is 3.12. The highest BCUT2D eigenvalue weighted by Gasteiger charge is 2.25. The summed E-state index contributed by atoms with van der Waals surface area (Å²) in [6.07, 6.45) is 1.52. The molecule has 1 aliphatic rings. The van der Waals surface area contributed by atoms with Gasteiger partial charge in [-0.05, 0) is 18.1 Å². The van der Waals surface area contributed by atoms with Gasteiger partial charge in [-0.15, -0.1) is 0 Å². The number of carbonyl (C=O) groups excluding carboxylic acids is 1. The molecule has 1 fully saturated rings. The van der Waals surface area contributed by atoms with Crippen molar-refractivity contribution in [1.82, 2.24) is 15.5 Å². The van der Waals surface area contributed by atoms with E-state index in [1.54, 1.807) is 14.2 Å². The SMILES string of the molecule is CCC(=O)N1CCC(NC(=NC)NCC(C)c2ccccc2OC)C1. The summed E-state index contributed by atoms with van der Waals surface area (Å²) in [4.78, 5) is 18.0. The molecule has 1 aromatic rings. The van der Waals surface area contributed by atoms with Crippen molar-refractivity contribution >= 4 is 11.9 Å². The molecule has 0 radical (unpaired) electrons. The summed E-state index contributed by atoms with van der Waals surface area (Å²) in [6, 6.07) is 8.33. The van der Waals surface area contributed by atoms with Crippen LogP contribution in [0.5, 0.6) is 5.75 Å². The molecule has 6 heteroatoms. The van der Waals surface area contributed by atoms with Gasteiger partial charge in [0, 0.05) is 45.1 Å². The largest absolute Gasteiger partial charge is 0.496 e. The number of nitrogens with zero attached hydrogens (tertiary/aromatic N) is 2. The van der Waals surface area contributed by atoms with E-state index in [1.807, 2.05) is 30.0 Å². The summed E-state index contributed by atoms with van der Waals surface area (Å²) >= 11 is 0. The summed E-state index contributed by atoms with van der Waals surface area (Å²) in [5, 5.41) is 6.81. The van der Waals surface area contributed by atoms with Gasteiger partial charge in [0.15, 0.2) is 5.96 Å². The first kappa shape index (κ1) is 19.1. The number of likely N-dealkylation sites (tertiary alicyclic amines) is 1. The molecule has 2 unspecified atom stereocenters. The lowest BCUT2D eigenvalue weighted by Gasteiger charge is -2.21. The fraction of sp³-hybridized carbons (Fsp3) is 0.579. The number of rotatable bonds is 6. The molecule has 1 amide bonds. The Labute approximate surface area is 150 Å². The van der Waals surface area contributed by atoms with Crippen LogP contribution in [0.4, 0.5) is 0 Å². The van der Waals surface area contributed by atoms with Gasteiger partial charge in [0.25, 0.3) is 0 Å². The number of amides is 1. The Bertz CT molecular complexity index is 603. The van der Waals surface area contributed by atoms with Crippen molar-refractivity contribution in [2.24, 2.45) is 4.99 Å². The number of hydrogen-bond acceptors (Lipinski definition) is 3. The zero-order chi connectivity index (χ0) is 18.2. The third-order valence-corrected chi connectivity index (χ3v) is 4.65. The smallest absolute Gasteiger partial charge is 0.222 e. The summed E-state index contributed by atoms with van der Waals surface area (Å²) in [6.45, 7) is 6.39. The van der Waals surface area contributed by atoms with Crippen LogP contribution in [-0.2, 0) is 4.79 Å². The lowest BCUT2D eigenvalue weighted by molar-refractivity contribution is -0.129. The quantitative estimate of drug-likeness (QED) is 0.611. The monoisotopic (exact) mass is 346 g/mol. The van der Waals surface area contributed by atoms with Crippen molar-refractivity contribution in [1.29, 1.82) is 0 Å². The lowest BCUT2D eigenvalue weighted by atomic mass is 10.0. The van der Waals surface area contributed by atoms with E-state index in [9.17, 15) is 4.79 Å². The molecule has 0 saturated carbocycles. The van der Waals surface area contributed by atoms with Crippen LogP contribution < -0.4 is 15.4 Å². The Hall–Kier alpha value is -2.24. The van der Waals surface area contributed by atoms with Gasteiger partial charge < -0.3 is 20.3 Å². The number of hydrogen-bond donors (Lipinski definition) is 2. The molecule has 6 nitrogen and oxygen atoms in total. The van der Waals surface area contributed by atoms with Crippen LogP contribution in [0.25, 0.3) is 0 Å². The Morgan fingerprint density at radius 2 is 2.20 bits per heavy atom. The average molecular weight is 346 g/mol. The summed E-state index contributed by atoms with van der Waals surface area (Å²) in [7, 11) is 3.47. The summed E-state index contributed by atoms with van der Waals surface area (Å²) in [5.41, 5.74) is 1.17. The number of nitrogens with one attached hydrogen (secondary N) is 2. The van der Waals surface area contributed by atoms with Crippen molar-refractivity contribution in [3.63, 3.8) is 0 Å². The molecule has 1 aliphatic heterocycles. The predicted molar refractivity (Wildman–Crippen MR) is 101 cm³/mol. The molecule has 25 heavy (non-hydrogen) atoms. The zero-order valence-electron chi connectivity index (χ0n) is 15.7. The van der Waals surface area contributed by atoms with Gasteiger partial charge in [0.2, 0.25) is 5.91 Å². The Morgan fingerprint density at radius 3 is 2.88 bits per heavy atom. The molecule has 1 saturated heterocycles. The van der Waals surface area contributed by atoms with Gasteiger partial charge >= 0.3 is 0 Å². The maximum absolute atomic E-state index is 11.8. The van der Waals surface area contributed by atoms with Crippen molar-refractivity contribution in [2.75, 3.05) is 33.8 Å². The molecule has 0 spiro atoms. The van der Waals surface area contributed by atoms with Gasteiger partial charge in [-0.1, -0.05) is 32.0 Å². The molecule has 0 bridgehead atoms. The van der Waals surface area contributed by atoms with Crippen LogP contribution >= 0.6 is 0 Å². The van der Waals surface area contributed by atoms with E-state index in [2.05, 4.69) is 28.6 Å². The highest BCUT2D eigenvalue weighted by atomic mass is 16.5. The van der Waals surface area contributed by atoms with Crippen LogP contribution in [0.1, 0.15) is 38.2 Å². The second-order valence-corrected chi connectivity index (χ2v) is 6.42. The number of methoxy groups -OCH3 is 1. The van der Waals surface area contributed by atoms with Crippen LogP contribution in [0.2, 0.25) is 0 Å². The maximum atomic E-state index is 11.8. The van der Waals surface area contributed by atoms with E-state index in [0.717, 1.165) is 37.8 Å². The van der Waals surface area contributed by atoms with Crippen LogP contribution in [0.3, 0.4) is 0 Å². The van der Waals surface area contributed by atoms with Gasteiger partial charge in [-0.25, -0.2) is 0 Å². The molecule has 0 aromatic heterocycles. The van der Waals surface area contributed by atoms with Crippen molar-refractivity contribution in [2.45, 2.75) is 38.6 Å². The lowest BCUT2D eigenvalue weighted by Crippen LogP contribution is -2.45. The number of guanidine groups is 1. The van der Waals surface area contributed by atoms with Crippen LogP contribution in [-0.4, -0.2) is 56.6 Å². The molecule has 2 rings (SSSR count). The van der Waals surface area contributed by atoms with E-state index < -0.39 is 0 Å². The topological polar surface area (TPSA) is 66.0 Å². The normalized spacial score (nSPS) is 18.8. The molecule has 138 valence electrons. The highest BCUT2D eigenvalue weighted by molar-refractivity contribution is 5.80. The first-order valence-corrected chi connectivity index (χ1v) is 8.96. The number of aliphatic imine (C=N–C) groups is 1. The maximum Gasteiger partial charge on any atom is 0.222 e. The first-order valence-electron chi connectivity index (χ1n) is 8.96. The van der Waals surface area contributed by atoms with E-state index in [1.165, 1.54) is 5.56 Å². The van der Waals surface area contributed by atoms with Gasteiger partial charge in [-0.2, -0.15) is 0 Å². The molecular formula is C19H30N4O2. The minimum absolute atomic E-state index is 0.219. The number of benzene rings is 1. The van der Waals surface area contributed by atoms with Crippen LogP contribution in [0, 0.1) is 0 Å². The fourth-order valence-corrected chi connectivity index (χ4v) is 3.15. The highest BCUT2D eigenvalue weighted by Crippen LogP contribution is 2.25. The molecular weight excluding hydrogens is 316 g/mol. The second-order valence-electron chi connectivity index (χ2n) is 6.42. The molecule has 1 heterocycles. The molecule has 1 aromatic carbocycles. The number of carbonyl (C=O) groups is 1. The minimum atomic E-state index is 0.219. The Kier molecular flexibility index (Phi) is 7.10. The third kappa shape index (κ3) is 5.11. The predicted octanol–water partition coefficient (Wildman–Crippen LogP) is 1.97.